The molecule has 1 aromatic carbocycles. The Kier molecular flexibility index (Phi) is 2.90. The number of hydrogen-bond donors (Lipinski definition) is 0. The van der Waals surface area contributed by atoms with Crippen molar-refractivity contribution in [3.05, 3.63) is 35.4 Å². The van der Waals surface area contributed by atoms with E-state index in [0.717, 1.165) is 49.7 Å². The van der Waals surface area contributed by atoms with Gasteiger partial charge < -0.3 is 4.74 Å². The van der Waals surface area contributed by atoms with Crippen molar-refractivity contribution in [2.45, 2.75) is 56.1 Å². The second-order valence-corrected chi connectivity index (χ2v) is 6.76. The van der Waals surface area contributed by atoms with Gasteiger partial charge in [-0.2, -0.15) is 5.26 Å². The highest BCUT2D eigenvalue weighted by molar-refractivity contribution is 5.98. The van der Waals surface area contributed by atoms with Gasteiger partial charge in [0.2, 0.25) is 0 Å². The molecule has 2 saturated heterocycles. The Hall–Kier alpha value is -1.66. The van der Waals surface area contributed by atoms with Crippen LogP contribution in [-0.2, 0) is 10.2 Å². The quantitative estimate of drug-likeness (QED) is 0.798. The number of rotatable bonds is 3. The molecule has 108 valence electrons. The average molecular weight is 281 g/mol. The van der Waals surface area contributed by atoms with Gasteiger partial charge >= 0.3 is 0 Å². The van der Waals surface area contributed by atoms with Crippen molar-refractivity contribution >= 4 is 5.78 Å². The lowest BCUT2D eigenvalue weighted by Gasteiger charge is -2.27. The van der Waals surface area contributed by atoms with Crippen LogP contribution in [0.4, 0.5) is 0 Å². The first-order chi connectivity index (χ1) is 10.2. The normalized spacial score (nSPS) is 32.4. The summed E-state index contributed by atoms with van der Waals surface area (Å²) in [5.74, 6) is 0.342. The molecule has 21 heavy (non-hydrogen) atoms. The summed E-state index contributed by atoms with van der Waals surface area (Å²) in [7, 11) is 0. The highest BCUT2D eigenvalue weighted by Gasteiger charge is 2.45. The van der Waals surface area contributed by atoms with Crippen LogP contribution in [0.15, 0.2) is 24.3 Å². The minimum absolute atomic E-state index is 0.101. The molecule has 3 aliphatic rings. The summed E-state index contributed by atoms with van der Waals surface area (Å²) in [5, 5.41) is 9.31. The van der Waals surface area contributed by atoms with E-state index in [9.17, 15) is 10.1 Å². The maximum absolute atomic E-state index is 12.8. The molecule has 0 amide bonds. The molecule has 0 spiro atoms. The molecule has 3 fully saturated rings. The summed E-state index contributed by atoms with van der Waals surface area (Å²) >= 11 is 0. The Balaban J connectivity index is 1.57. The zero-order valence-corrected chi connectivity index (χ0v) is 12.0. The third-order valence-electron chi connectivity index (χ3n) is 5.32. The minimum atomic E-state index is -0.314. The van der Waals surface area contributed by atoms with Crippen molar-refractivity contribution in [3.8, 4) is 6.07 Å². The average Bonchev–Trinajstić information content (AvgIpc) is 3.27. The second-order valence-electron chi connectivity index (χ2n) is 6.76. The van der Waals surface area contributed by atoms with Gasteiger partial charge in [-0.25, -0.2) is 0 Å². The number of fused-ring (bicyclic) bond motifs is 2. The molecule has 2 heterocycles. The smallest absolute Gasteiger partial charge is 0.166 e. The first kappa shape index (κ1) is 13.0. The Labute approximate surface area is 124 Å². The highest BCUT2D eigenvalue weighted by Crippen LogP contribution is 2.47. The molecule has 0 N–H and O–H groups in total. The Morgan fingerprint density at radius 1 is 1.24 bits per heavy atom. The molecule has 0 aromatic heterocycles. The molecule has 1 aliphatic carbocycles. The van der Waals surface area contributed by atoms with Gasteiger partial charge in [0.15, 0.2) is 5.78 Å². The summed E-state index contributed by atoms with van der Waals surface area (Å²) in [6.07, 6.45) is 6.35. The third kappa shape index (κ3) is 2.18. The summed E-state index contributed by atoms with van der Waals surface area (Å²) in [6.45, 7) is 0. The van der Waals surface area contributed by atoms with Crippen LogP contribution < -0.4 is 0 Å². The summed E-state index contributed by atoms with van der Waals surface area (Å²) in [6, 6.07) is 10.2. The SMILES string of the molecule is N#CC1(c2cccc(C(=O)C3CC4CCC(C3)O4)c2)CC1. The van der Waals surface area contributed by atoms with E-state index in [1.807, 2.05) is 24.3 Å². The van der Waals surface area contributed by atoms with E-state index in [-0.39, 0.29) is 29.3 Å². The molecule has 3 heteroatoms. The van der Waals surface area contributed by atoms with Gasteiger partial charge in [-0.1, -0.05) is 18.2 Å². The molecule has 1 aromatic rings. The zero-order valence-electron chi connectivity index (χ0n) is 12.0. The van der Waals surface area contributed by atoms with Crippen LogP contribution in [0.5, 0.6) is 0 Å². The van der Waals surface area contributed by atoms with Gasteiger partial charge in [-0.05, 0) is 50.2 Å². The van der Waals surface area contributed by atoms with Crippen molar-refractivity contribution in [1.29, 1.82) is 5.26 Å². The number of Topliss-reactive ketones (excluding diaryl/α,β-unsaturated/α-hetero) is 1. The van der Waals surface area contributed by atoms with Crippen molar-refractivity contribution in [2.24, 2.45) is 5.92 Å². The number of nitriles is 1. The largest absolute Gasteiger partial charge is 0.375 e. The number of carbonyl (C=O) groups excluding carboxylic acids is 1. The standard InChI is InChI=1S/C18H19NO2/c19-11-18(6-7-18)14-3-1-2-12(8-14)17(20)13-9-15-4-5-16(10-13)21-15/h1-3,8,13,15-16H,4-7,9-10H2. The lowest BCUT2D eigenvalue weighted by atomic mass is 9.86. The number of carbonyl (C=O) groups is 1. The molecule has 1 saturated carbocycles. The number of ether oxygens (including phenoxy) is 1. The molecular formula is C18H19NO2. The molecule has 2 bridgehead atoms. The van der Waals surface area contributed by atoms with Gasteiger partial charge in [0, 0.05) is 11.5 Å². The number of ketones is 1. The van der Waals surface area contributed by atoms with E-state index < -0.39 is 0 Å². The lowest BCUT2D eigenvalue weighted by molar-refractivity contribution is -0.0149. The van der Waals surface area contributed by atoms with Gasteiger partial charge in [-0.15, -0.1) is 0 Å². The van der Waals surface area contributed by atoms with Gasteiger partial charge in [0.05, 0.1) is 23.7 Å². The van der Waals surface area contributed by atoms with Crippen molar-refractivity contribution in [2.75, 3.05) is 0 Å². The third-order valence-corrected chi connectivity index (χ3v) is 5.32. The van der Waals surface area contributed by atoms with Crippen LogP contribution in [0, 0.1) is 17.2 Å². The van der Waals surface area contributed by atoms with Gasteiger partial charge in [-0.3, -0.25) is 4.79 Å². The van der Waals surface area contributed by atoms with Gasteiger partial charge in [0.25, 0.3) is 0 Å². The molecule has 2 aliphatic heterocycles. The fourth-order valence-electron chi connectivity index (χ4n) is 3.87. The number of nitrogens with zero attached hydrogens (tertiary/aromatic N) is 1. The molecule has 2 atom stereocenters. The predicted octanol–water partition coefficient (Wildman–Crippen LogP) is 3.38. The summed E-state index contributed by atoms with van der Waals surface area (Å²) < 4.78 is 5.82. The van der Waals surface area contributed by atoms with E-state index in [1.165, 1.54) is 0 Å². The maximum Gasteiger partial charge on any atom is 0.166 e. The Morgan fingerprint density at radius 2 is 1.95 bits per heavy atom. The first-order valence-electron chi connectivity index (χ1n) is 7.92. The van der Waals surface area contributed by atoms with Crippen LogP contribution in [-0.4, -0.2) is 18.0 Å². The monoisotopic (exact) mass is 281 g/mol. The van der Waals surface area contributed by atoms with E-state index in [0.29, 0.717) is 0 Å². The van der Waals surface area contributed by atoms with Crippen LogP contribution in [0.1, 0.15) is 54.4 Å². The number of hydrogen-bond acceptors (Lipinski definition) is 3. The van der Waals surface area contributed by atoms with E-state index in [1.54, 1.807) is 0 Å². The van der Waals surface area contributed by atoms with Crippen LogP contribution in [0.2, 0.25) is 0 Å². The fourth-order valence-corrected chi connectivity index (χ4v) is 3.87. The number of benzene rings is 1. The zero-order chi connectivity index (χ0) is 14.4. The molecular weight excluding hydrogens is 262 g/mol. The first-order valence-corrected chi connectivity index (χ1v) is 7.92. The van der Waals surface area contributed by atoms with Crippen LogP contribution >= 0.6 is 0 Å². The Bertz CT molecular complexity index is 614. The van der Waals surface area contributed by atoms with Crippen LogP contribution in [0.25, 0.3) is 0 Å². The van der Waals surface area contributed by atoms with E-state index in [4.69, 9.17) is 4.74 Å². The lowest BCUT2D eigenvalue weighted by Crippen LogP contribution is -2.30. The van der Waals surface area contributed by atoms with Crippen molar-refractivity contribution < 1.29 is 9.53 Å². The highest BCUT2D eigenvalue weighted by atomic mass is 16.5. The molecule has 3 nitrogen and oxygen atoms in total. The maximum atomic E-state index is 12.8. The molecule has 0 radical (unpaired) electrons. The van der Waals surface area contributed by atoms with E-state index >= 15 is 0 Å². The van der Waals surface area contributed by atoms with Crippen molar-refractivity contribution in [1.82, 2.24) is 0 Å². The summed E-state index contributed by atoms with van der Waals surface area (Å²) in [4.78, 5) is 12.8. The minimum Gasteiger partial charge on any atom is -0.375 e. The second kappa shape index (κ2) is 4.68. The van der Waals surface area contributed by atoms with Gasteiger partial charge in [0.1, 0.15) is 0 Å². The van der Waals surface area contributed by atoms with Crippen LogP contribution in [0.3, 0.4) is 0 Å². The summed E-state index contributed by atoms with van der Waals surface area (Å²) in [5.41, 5.74) is 1.48. The predicted molar refractivity (Wildman–Crippen MR) is 77.9 cm³/mol. The Morgan fingerprint density at radius 3 is 2.57 bits per heavy atom. The molecule has 2 unspecified atom stereocenters. The van der Waals surface area contributed by atoms with E-state index in [2.05, 4.69) is 6.07 Å². The topological polar surface area (TPSA) is 50.1 Å². The fraction of sp³-hybridized carbons (Fsp3) is 0.556. The van der Waals surface area contributed by atoms with Crippen molar-refractivity contribution in [3.63, 3.8) is 0 Å². The molecule has 4 rings (SSSR count).